The predicted molar refractivity (Wildman–Crippen MR) is 99.5 cm³/mol. The summed E-state index contributed by atoms with van der Waals surface area (Å²) in [5.41, 5.74) is 1.69. The molecule has 0 aliphatic carbocycles. The van der Waals surface area contributed by atoms with Crippen LogP contribution in [0, 0.1) is 0 Å². The van der Waals surface area contributed by atoms with Crippen molar-refractivity contribution in [3.63, 3.8) is 0 Å². The van der Waals surface area contributed by atoms with Crippen LogP contribution in [0.1, 0.15) is 40.1 Å². The summed E-state index contributed by atoms with van der Waals surface area (Å²) in [6.07, 6.45) is 0. The minimum Gasteiger partial charge on any atom is -0.379 e. The lowest BCUT2D eigenvalue weighted by molar-refractivity contribution is 0.0342. The van der Waals surface area contributed by atoms with Crippen LogP contribution < -0.4 is 5.32 Å². The summed E-state index contributed by atoms with van der Waals surface area (Å²) < 4.78 is 5.37. The Bertz CT molecular complexity index is 744. The number of nitrogens with zero attached hydrogens (tertiary/aromatic N) is 3. The second kappa shape index (κ2) is 8.23. The minimum absolute atomic E-state index is 0.246. The fourth-order valence-electron chi connectivity index (χ4n) is 2.52. The standard InChI is InChI=1S/C17H21ClN4O2S/c1-11(2)16-20-21-17(25-16)15(23)19-13-3-4-14(18)12(9-13)10-22-5-7-24-8-6-22/h3-4,9,11H,5-8,10H2,1-2H3,(H,19,23). The van der Waals surface area contributed by atoms with Crippen LogP contribution in [0.15, 0.2) is 18.2 Å². The molecule has 1 fully saturated rings. The molecule has 1 amide bonds. The monoisotopic (exact) mass is 380 g/mol. The molecule has 0 radical (unpaired) electrons. The van der Waals surface area contributed by atoms with E-state index in [0.29, 0.717) is 15.7 Å². The Balaban J connectivity index is 1.69. The third-order valence-electron chi connectivity index (χ3n) is 3.93. The van der Waals surface area contributed by atoms with Gasteiger partial charge in [-0.1, -0.05) is 36.8 Å². The Morgan fingerprint density at radius 1 is 1.36 bits per heavy atom. The first-order chi connectivity index (χ1) is 12.0. The highest BCUT2D eigenvalue weighted by Gasteiger charge is 2.16. The first kappa shape index (κ1) is 18.3. The van der Waals surface area contributed by atoms with Gasteiger partial charge in [-0.3, -0.25) is 9.69 Å². The Morgan fingerprint density at radius 2 is 2.12 bits per heavy atom. The molecule has 134 valence electrons. The summed E-state index contributed by atoms with van der Waals surface area (Å²) in [6, 6.07) is 5.53. The summed E-state index contributed by atoms with van der Waals surface area (Å²) in [7, 11) is 0. The van der Waals surface area contributed by atoms with E-state index in [9.17, 15) is 4.79 Å². The number of morpholine rings is 1. The molecule has 0 bridgehead atoms. The number of hydrogen-bond donors (Lipinski definition) is 1. The fourth-order valence-corrected chi connectivity index (χ4v) is 3.44. The lowest BCUT2D eigenvalue weighted by Crippen LogP contribution is -2.35. The number of amides is 1. The lowest BCUT2D eigenvalue weighted by Gasteiger charge is -2.27. The molecule has 3 rings (SSSR count). The van der Waals surface area contributed by atoms with E-state index in [1.54, 1.807) is 6.07 Å². The topological polar surface area (TPSA) is 67.4 Å². The third-order valence-corrected chi connectivity index (χ3v) is 5.52. The maximum atomic E-state index is 12.4. The largest absolute Gasteiger partial charge is 0.379 e. The zero-order valence-electron chi connectivity index (χ0n) is 14.3. The molecule has 0 atom stereocenters. The van der Waals surface area contributed by atoms with Crippen molar-refractivity contribution in [1.29, 1.82) is 0 Å². The van der Waals surface area contributed by atoms with Gasteiger partial charge < -0.3 is 10.1 Å². The van der Waals surface area contributed by atoms with Gasteiger partial charge in [0, 0.05) is 36.3 Å². The second-order valence-corrected chi connectivity index (χ2v) is 7.67. The highest BCUT2D eigenvalue weighted by atomic mass is 35.5. The molecule has 0 unspecified atom stereocenters. The number of ether oxygens (including phenoxy) is 1. The Morgan fingerprint density at radius 3 is 2.80 bits per heavy atom. The van der Waals surface area contributed by atoms with Crippen molar-refractivity contribution in [3.05, 3.63) is 38.8 Å². The van der Waals surface area contributed by atoms with E-state index in [4.69, 9.17) is 16.3 Å². The second-order valence-electron chi connectivity index (χ2n) is 6.25. The van der Waals surface area contributed by atoms with Crippen LogP contribution in [0.5, 0.6) is 0 Å². The zero-order valence-corrected chi connectivity index (χ0v) is 15.9. The van der Waals surface area contributed by atoms with Gasteiger partial charge in [-0.2, -0.15) is 0 Å². The van der Waals surface area contributed by atoms with Crippen LogP contribution in [0.25, 0.3) is 0 Å². The van der Waals surface area contributed by atoms with Gasteiger partial charge in [-0.25, -0.2) is 0 Å². The van der Waals surface area contributed by atoms with Gasteiger partial charge >= 0.3 is 0 Å². The Labute approximate surface area is 156 Å². The minimum atomic E-state index is -0.246. The zero-order chi connectivity index (χ0) is 17.8. The maximum absolute atomic E-state index is 12.4. The summed E-state index contributed by atoms with van der Waals surface area (Å²) in [6.45, 7) is 8.04. The molecule has 2 aromatic rings. The number of anilines is 1. The van der Waals surface area contributed by atoms with Gasteiger partial charge in [0.05, 0.1) is 13.2 Å². The van der Waals surface area contributed by atoms with E-state index < -0.39 is 0 Å². The number of nitrogens with one attached hydrogen (secondary N) is 1. The van der Waals surface area contributed by atoms with Crippen LogP contribution >= 0.6 is 22.9 Å². The van der Waals surface area contributed by atoms with Crippen molar-refractivity contribution in [2.75, 3.05) is 31.6 Å². The molecule has 1 aromatic heterocycles. The Kier molecular flexibility index (Phi) is 6.01. The SMILES string of the molecule is CC(C)c1nnc(C(=O)Nc2ccc(Cl)c(CN3CCOCC3)c2)s1. The van der Waals surface area contributed by atoms with Crippen LogP contribution in [-0.2, 0) is 11.3 Å². The number of benzene rings is 1. The quantitative estimate of drug-likeness (QED) is 0.861. The lowest BCUT2D eigenvalue weighted by atomic mass is 10.1. The van der Waals surface area contributed by atoms with E-state index in [1.807, 2.05) is 26.0 Å². The fraction of sp³-hybridized carbons (Fsp3) is 0.471. The molecule has 1 saturated heterocycles. The summed E-state index contributed by atoms with van der Waals surface area (Å²) in [4.78, 5) is 14.7. The van der Waals surface area contributed by atoms with Crippen molar-refractivity contribution in [1.82, 2.24) is 15.1 Å². The molecule has 1 aliphatic rings. The van der Waals surface area contributed by atoms with Gasteiger partial charge in [0.15, 0.2) is 0 Å². The normalized spacial score (nSPS) is 15.5. The molecule has 8 heteroatoms. The first-order valence-corrected chi connectivity index (χ1v) is 9.45. The average Bonchev–Trinajstić information content (AvgIpc) is 3.09. The van der Waals surface area contributed by atoms with Crippen molar-refractivity contribution >= 4 is 34.5 Å². The van der Waals surface area contributed by atoms with Crippen molar-refractivity contribution in [3.8, 4) is 0 Å². The highest BCUT2D eigenvalue weighted by Crippen LogP contribution is 2.24. The molecular weight excluding hydrogens is 360 g/mol. The number of rotatable bonds is 5. The number of aromatic nitrogens is 2. The molecule has 0 spiro atoms. The molecule has 6 nitrogen and oxygen atoms in total. The number of hydrogen-bond acceptors (Lipinski definition) is 6. The van der Waals surface area contributed by atoms with E-state index in [2.05, 4.69) is 20.4 Å². The number of carbonyl (C=O) groups is 1. The van der Waals surface area contributed by atoms with Crippen molar-refractivity contribution in [2.24, 2.45) is 0 Å². The summed E-state index contributed by atoms with van der Waals surface area (Å²) >= 11 is 7.64. The molecule has 0 saturated carbocycles. The number of halogens is 1. The van der Waals surface area contributed by atoms with Crippen LogP contribution in [0.3, 0.4) is 0 Å². The highest BCUT2D eigenvalue weighted by molar-refractivity contribution is 7.13. The maximum Gasteiger partial charge on any atom is 0.286 e. The van der Waals surface area contributed by atoms with Crippen LogP contribution in [0.4, 0.5) is 5.69 Å². The third kappa shape index (κ3) is 4.76. The van der Waals surface area contributed by atoms with E-state index in [1.165, 1.54) is 11.3 Å². The summed E-state index contributed by atoms with van der Waals surface area (Å²) in [5.74, 6) is 0.0127. The first-order valence-electron chi connectivity index (χ1n) is 8.26. The molecule has 1 N–H and O–H groups in total. The van der Waals surface area contributed by atoms with Gasteiger partial charge in [-0.05, 0) is 23.8 Å². The van der Waals surface area contributed by atoms with Gasteiger partial charge in [0.1, 0.15) is 5.01 Å². The molecule has 25 heavy (non-hydrogen) atoms. The molecule has 1 aliphatic heterocycles. The van der Waals surface area contributed by atoms with E-state index in [0.717, 1.165) is 43.4 Å². The molecule has 1 aromatic carbocycles. The Hall–Kier alpha value is -1.54. The smallest absolute Gasteiger partial charge is 0.286 e. The van der Waals surface area contributed by atoms with Crippen LogP contribution in [0.2, 0.25) is 5.02 Å². The van der Waals surface area contributed by atoms with E-state index >= 15 is 0 Å². The molecule has 2 heterocycles. The average molecular weight is 381 g/mol. The van der Waals surface area contributed by atoms with E-state index in [-0.39, 0.29) is 11.8 Å². The van der Waals surface area contributed by atoms with Crippen molar-refractivity contribution < 1.29 is 9.53 Å². The molecular formula is C17H21ClN4O2S. The van der Waals surface area contributed by atoms with Crippen LogP contribution in [-0.4, -0.2) is 47.3 Å². The number of carbonyl (C=O) groups excluding carboxylic acids is 1. The predicted octanol–water partition coefficient (Wildman–Crippen LogP) is 3.40. The van der Waals surface area contributed by atoms with Gasteiger partial charge in [0.25, 0.3) is 5.91 Å². The van der Waals surface area contributed by atoms with Gasteiger partial charge in [-0.15, -0.1) is 10.2 Å². The van der Waals surface area contributed by atoms with Gasteiger partial charge in [0.2, 0.25) is 5.01 Å². The van der Waals surface area contributed by atoms with Crippen molar-refractivity contribution in [2.45, 2.75) is 26.3 Å². The summed E-state index contributed by atoms with van der Waals surface area (Å²) in [5, 5.41) is 12.8.